The highest BCUT2D eigenvalue weighted by atomic mass is 32.2. The first-order valence-electron chi connectivity index (χ1n) is 7.50. The second-order valence-corrected chi connectivity index (χ2v) is 7.41. The average molecular weight is 389 g/mol. The number of tetrazole rings is 1. The summed E-state index contributed by atoms with van der Waals surface area (Å²) in [6, 6.07) is 6.64. The molecule has 1 aromatic carbocycles. The van der Waals surface area contributed by atoms with Gasteiger partial charge in [-0.1, -0.05) is 11.8 Å². The number of thiazole rings is 1. The fraction of sp³-hybridized carbons (Fsp3) is 0.200. The van der Waals surface area contributed by atoms with Crippen molar-refractivity contribution in [3.63, 3.8) is 0 Å². The Kier molecular flexibility index (Phi) is 5.58. The molecule has 0 spiro atoms. The lowest BCUT2D eigenvalue weighted by Crippen LogP contribution is -2.15. The standard InChI is InChI=1S/C15H15N7O2S2/c1-9-7-16-14(26-9)18-13(24)10-3-5-11(6-4-10)17-12(23)8-25-15-19-20-21-22(15)2/h3-7H,8H2,1-2H3,(H,17,23)(H,16,18,24). The normalized spacial score (nSPS) is 10.5. The number of hydrogen-bond donors (Lipinski definition) is 2. The van der Waals surface area contributed by atoms with Crippen molar-refractivity contribution in [1.82, 2.24) is 25.2 Å². The van der Waals surface area contributed by atoms with E-state index in [1.54, 1.807) is 37.5 Å². The number of aryl methyl sites for hydroxylation is 2. The summed E-state index contributed by atoms with van der Waals surface area (Å²) in [5.74, 6) is -0.254. The number of thioether (sulfide) groups is 1. The second kappa shape index (κ2) is 8.06. The predicted molar refractivity (Wildman–Crippen MR) is 99.4 cm³/mol. The maximum Gasteiger partial charge on any atom is 0.257 e. The number of anilines is 2. The first kappa shape index (κ1) is 18.0. The Hall–Kier alpha value is -2.79. The number of amides is 2. The first-order valence-corrected chi connectivity index (χ1v) is 9.30. The molecule has 2 amide bonds. The van der Waals surface area contributed by atoms with E-state index in [1.807, 2.05) is 6.92 Å². The van der Waals surface area contributed by atoms with Crippen molar-refractivity contribution in [3.8, 4) is 0 Å². The Morgan fingerprint density at radius 2 is 2.00 bits per heavy atom. The van der Waals surface area contributed by atoms with Gasteiger partial charge in [-0.25, -0.2) is 9.67 Å². The summed E-state index contributed by atoms with van der Waals surface area (Å²) in [6.45, 7) is 1.92. The van der Waals surface area contributed by atoms with Gasteiger partial charge in [0, 0.05) is 29.4 Å². The van der Waals surface area contributed by atoms with E-state index in [-0.39, 0.29) is 17.6 Å². The van der Waals surface area contributed by atoms with Crippen molar-refractivity contribution in [2.24, 2.45) is 7.05 Å². The Morgan fingerprint density at radius 3 is 2.62 bits per heavy atom. The highest BCUT2D eigenvalue weighted by molar-refractivity contribution is 7.99. The third-order valence-corrected chi connectivity index (χ3v) is 5.03. The summed E-state index contributed by atoms with van der Waals surface area (Å²) in [6.07, 6.45) is 1.70. The summed E-state index contributed by atoms with van der Waals surface area (Å²) in [7, 11) is 1.71. The largest absolute Gasteiger partial charge is 0.325 e. The number of rotatable bonds is 6. The molecule has 0 aliphatic carbocycles. The minimum atomic E-state index is -0.248. The van der Waals surface area contributed by atoms with Gasteiger partial charge in [-0.2, -0.15) is 0 Å². The fourth-order valence-electron chi connectivity index (χ4n) is 1.96. The van der Waals surface area contributed by atoms with Gasteiger partial charge in [-0.15, -0.1) is 16.4 Å². The molecule has 9 nitrogen and oxygen atoms in total. The van der Waals surface area contributed by atoms with Crippen LogP contribution < -0.4 is 10.6 Å². The minimum absolute atomic E-state index is 0.180. The van der Waals surface area contributed by atoms with Crippen molar-refractivity contribution >= 4 is 45.7 Å². The zero-order chi connectivity index (χ0) is 18.5. The Labute approximate surface area is 157 Å². The van der Waals surface area contributed by atoms with Gasteiger partial charge in [0.15, 0.2) is 5.13 Å². The molecule has 0 aliphatic heterocycles. The van der Waals surface area contributed by atoms with Crippen LogP contribution in [-0.4, -0.2) is 42.8 Å². The summed E-state index contributed by atoms with van der Waals surface area (Å²) < 4.78 is 1.50. The van der Waals surface area contributed by atoms with E-state index in [9.17, 15) is 9.59 Å². The zero-order valence-electron chi connectivity index (χ0n) is 14.0. The van der Waals surface area contributed by atoms with E-state index >= 15 is 0 Å². The molecular weight excluding hydrogens is 374 g/mol. The number of carbonyl (C=O) groups is 2. The number of aromatic nitrogens is 5. The van der Waals surface area contributed by atoms with Gasteiger partial charge >= 0.3 is 0 Å². The molecular formula is C15H15N7O2S2. The molecule has 3 rings (SSSR count). The average Bonchev–Trinajstić information content (AvgIpc) is 3.21. The number of hydrogen-bond acceptors (Lipinski definition) is 8. The van der Waals surface area contributed by atoms with Gasteiger partial charge in [-0.05, 0) is 41.6 Å². The molecule has 0 saturated carbocycles. The van der Waals surface area contributed by atoms with Crippen molar-refractivity contribution in [2.75, 3.05) is 16.4 Å². The second-order valence-electron chi connectivity index (χ2n) is 5.23. The smallest absolute Gasteiger partial charge is 0.257 e. The molecule has 2 aromatic heterocycles. The van der Waals surface area contributed by atoms with E-state index in [4.69, 9.17) is 0 Å². The molecule has 134 valence electrons. The Balaban J connectivity index is 1.52. The maximum absolute atomic E-state index is 12.2. The quantitative estimate of drug-likeness (QED) is 0.619. The van der Waals surface area contributed by atoms with E-state index in [2.05, 4.69) is 31.1 Å². The van der Waals surface area contributed by atoms with Crippen LogP contribution in [-0.2, 0) is 11.8 Å². The van der Waals surface area contributed by atoms with Crippen LogP contribution >= 0.6 is 23.1 Å². The Bertz CT molecular complexity index is 920. The third-order valence-electron chi connectivity index (χ3n) is 3.19. The van der Waals surface area contributed by atoms with Gasteiger partial charge in [0.2, 0.25) is 11.1 Å². The summed E-state index contributed by atoms with van der Waals surface area (Å²) in [5, 5.41) is 17.6. The van der Waals surface area contributed by atoms with Crippen molar-refractivity contribution < 1.29 is 9.59 Å². The van der Waals surface area contributed by atoms with Crippen LogP contribution in [0, 0.1) is 6.92 Å². The van der Waals surface area contributed by atoms with Gasteiger partial charge in [0.1, 0.15) is 0 Å². The van der Waals surface area contributed by atoms with Gasteiger partial charge < -0.3 is 5.32 Å². The van der Waals surface area contributed by atoms with Gasteiger partial charge in [-0.3, -0.25) is 14.9 Å². The van der Waals surface area contributed by atoms with Crippen molar-refractivity contribution in [2.45, 2.75) is 12.1 Å². The minimum Gasteiger partial charge on any atom is -0.325 e. The van der Waals surface area contributed by atoms with Crippen LogP contribution in [0.1, 0.15) is 15.2 Å². The topological polar surface area (TPSA) is 115 Å². The molecule has 0 unspecified atom stereocenters. The predicted octanol–water partition coefficient (Wildman–Crippen LogP) is 1.96. The van der Waals surface area contributed by atoms with Crippen LogP contribution in [0.4, 0.5) is 10.8 Å². The molecule has 0 bridgehead atoms. The molecule has 0 fully saturated rings. The molecule has 0 atom stereocenters. The lowest BCUT2D eigenvalue weighted by molar-refractivity contribution is -0.113. The van der Waals surface area contributed by atoms with E-state index < -0.39 is 0 Å². The lowest BCUT2D eigenvalue weighted by atomic mass is 10.2. The van der Waals surface area contributed by atoms with Crippen LogP contribution in [0.15, 0.2) is 35.6 Å². The molecule has 3 aromatic rings. The molecule has 0 radical (unpaired) electrons. The highest BCUT2D eigenvalue weighted by Gasteiger charge is 2.10. The van der Waals surface area contributed by atoms with Crippen LogP contribution in [0.25, 0.3) is 0 Å². The zero-order valence-corrected chi connectivity index (χ0v) is 15.6. The van der Waals surface area contributed by atoms with Gasteiger partial charge in [0.25, 0.3) is 5.91 Å². The molecule has 2 N–H and O–H groups in total. The molecule has 2 heterocycles. The number of benzene rings is 1. The summed E-state index contributed by atoms with van der Waals surface area (Å²) >= 11 is 2.65. The van der Waals surface area contributed by atoms with E-state index in [0.29, 0.717) is 21.5 Å². The van der Waals surface area contributed by atoms with E-state index in [0.717, 1.165) is 4.88 Å². The molecule has 0 saturated heterocycles. The van der Waals surface area contributed by atoms with Crippen LogP contribution in [0.3, 0.4) is 0 Å². The summed E-state index contributed by atoms with van der Waals surface area (Å²) in [5.41, 5.74) is 1.09. The first-order chi connectivity index (χ1) is 12.5. The fourth-order valence-corrected chi connectivity index (χ4v) is 3.27. The molecule has 26 heavy (non-hydrogen) atoms. The van der Waals surface area contributed by atoms with Crippen LogP contribution in [0.2, 0.25) is 0 Å². The molecule has 11 heteroatoms. The number of nitrogens with one attached hydrogen (secondary N) is 2. The highest BCUT2D eigenvalue weighted by Crippen LogP contribution is 2.18. The Morgan fingerprint density at radius 1 is 1.23 bits per heavy atom. The monoisotopic (exact) mass is 389 g/mol. The van der Waals surface area contributed by atoms with Crippen LogP contribution in [0.5, 0.6) is 0 Å². The van der Waals surface area contributed by atoms with Gasteiger partial charge in [0.05, 0.1) is 5.75 Å². The summed E-state index contributed by atoms with van der Waals surface area (Å²) in [4.78, 5) is 29.3. The molecule has 0 aliphatic rings. The van der Waals surface area contributed by atoms with Crippen molar-refractivity contribution in [3.05, 3.63) is 40.9 Å². The lowest BCUT2D eigenvalue weighted by Gasteiger charge is -2.06. The van der Waals surface area contributed by atoms with E-state index in [1.165, 1.54) is 27.8 Å². The van der Waals surface area contributed by atoms with Crippen molar-refractivity contribution in [1.29, 1.82) is 0 Å². The third kappa shape index (κ3) is 4.64. The SMILES string of the molecule is Cc1cnc(NC(=O)c2ccc(NC(=O)CSc3nnnn3C)cc2)s1. The maximum atomic E-state index is 12.2. The number of carbonyl (C=O) groups excluding carboxylic acids is 2. The number of nitrogens with zero attached hydrogens (tertiary/aromatic N) is 5.